The lowest BCUT2D eigenvalue weighted by atomic mass is 10.1. The zero-order chi connectivity index (χ0) is 18.0. The van der Waals surface area contributed by atoms with Gasteiger partial charge in [-0.05, 0) is 19.4 Å². The SMILES string of the molecule is Cc1ccc(Cc2nsc(N3CCN(C(=O)C(C)C)C(C)C3)n2)cc1. The molecular weight excluding hydrogens is 332 g/mol. The summed E-state index contributed by atoms with van der Waals surface area (Å²) in [5.74, 6) is 1.17. The molecule has 1 aromatic carbocycles. The van der Waals surface area contributed by atoms with E-state index in [1.165, 1.54) is 22.7 Å². The van der Waals surface area contributed by atoms with E-state index in [4.69, 9.17) is 4.98 Å². The minimum atomic E-state index is 0.0524. The highest BCUT2D eigenvalue weighted by molar-refractivity contribution is 7.09. The van der Waals surface area contributed by atoms with Crippen LogP contribution in [0.4, 0.5) is 5.13 Å². The third-order valence-electron chi connectivity index (χ3n) is 4.62. The highest BCUT2D eigenvalue weighted by Crippen LogP contribution is 2.23. The molecule has 5 nitrogen and oxygen atoms in total. The first-order valence-electron chi connectivity index (χ1n) is 8.87. The molecule has 1 amide bonds. The van der Waals surface area contributed by atoms with Gasteiger partial charge in [0, 0.05) is 49.5 Å². The van der Waals surface area contributed by atoms with Crippen molar-refractivity contribution in [2.45, 2.75) is 40.2 Å². The summed E-state index contributed by atoms with van der Waals surface area (Å²) in [5, 5.41) is 0.964. The Morgan fingerprint density at radius 1 is 1.28 bits per heavy atom. The highest BCUT2D eigenvalue weighted by atomic mass is 32.1. The summed E-state index contributed by atoms with van der Waals surface area (Å²) in [6.45, 7) is 10.5. The van der Waals surface area contributed by atoms with Gasteiger partial charge in [-0.2, -0.15) is 4.37 Å². The Labute approximate surface area is 153 Å². The van der Waals surface area contributed by atoms with Gasteiger partial charge in [0.05, 0.1) is 0 Å². The highest BCUT2D eigenvalue weighted by Gasteiger charge is 2.29. The molecule has 25 heavy (non-hydrogen) atoms. The predicted molar refractivity (Wildman–Crippen MR) is 102 cm³/mol. The van der Waals surface area contributed by atoms with Crippen molar-refractivity contribution in [3.63, 3.8) is 0 Å². The van der Waals surface area contributed by atoms with E-state index in [0.29, 0.717) is 0 Å². The van der Waals surface area contributed by atoms with Crippen LogP contribution in [0.3, 0.4) is 0 Å². The second-order valence-electron chi connectivity index (χ2n) is 7.14. The summed E-state index contributed by atoms with van der Waals surface area (Å²) in [5.41, 5.74) is 2.49. The van der Waals surface area contributed by atoms with Crippen molar-refractivity contribution in [2.24, 2.45) is 5.92 Å². The summed E-state index contributed by atoms with van der Waals surface area (Å²) in [6, 6.07) is 8.71. The van der Waals surface area contributed by atoms with Crippen LogP contribution in [-0.4, -0.2) is 45.8 Å². The summed E-state index contributed by atoms with van der Waals surface area (Å²) < 4.78 is 4.52. The van der Waals surface area contributed by atoms with Gasteiger partial charge < -0.3 is 9.80 Å². The van der Waals surface area contributed by atoms with Gasteiger partial charge in [0.2, 0.25) is 11.0 Å². The fraction of sp³-hybridized carbons (Fsp3) is 0.526. The lowest BCUT2D eigenvalue weighted by Crippen LogP contribution is -2.55. The van der Waals surface area contributed by atoms with E-state index < -0.39 is 0 Å². The Morgan fingerprint density at radius 3 is 2.64 bits per heavy atom. The number of hydrogen-bond donors (Lipinski definition) is 0. The van der Waals surface area contributed by atoms with Gasteiger partial charge in [0.25, 0.3) is 0 Å². The van der Waals surface area contributed by atoms with Crippen molar-refractivity contribution in [3.05, 3.63) is 41.2 Å². The molecular formula is C19H26N4OS. The maximum atomic E-state index is 12.3. The Kier molecular flexibility index (Phi) is 5.37. The molecule has 0 N–H and O–H groups in total. The monoisotopic (exact) mass is 358 g/mol. The van der Waals surface area contributed by atoms with Crippen molar-refractivity contribution in [3.8, 4) is 0 Å². The van der Waals surface area contributed by atoms with Crippen LogP contribution in [-0.2, 0) is 11.2 Å². The van der Waals surface area contributed by atoms with Gasteiger partial charge in [-0.25, -0.2) is 4.98 Å². The normalized spacial score (nSPS) is 18.0. The third-order valence-corrected chi connectivity index (χ3v) is 5.43. The first-order valence-corrected chi connectivity index (χ1v) is 9.65. The average Bonchev–Trinajstić information content (AvgIpc) is 3.04. The van der Waals surface area contributed by atoms with Gasteiger partial charge in [-0.15, -0.1) is 0 Å². The van der Waals surface area contributed by atoms with Gasteiger partial charge in [-0.3, -0.25) is 4.79 Å². The van der Waals surface area contributed by atoms with Gasteiger partial charge in [0.15, 0.2) is 0 Å². The maximum absolute atomic E-state index is 12.3. The molecule has 0 saturated carbocycles. The van der Waals surface area contributed by atoms with Crippen molar-refractivity contribution in [1.29, 1.82) is 0 Å². The summed E-state index contributed by atoms with van der Waals surface area (Å²) in [4.78, 5) is 21.2. The molecule has 1 saturated heterocycles. The van der Waals surface area contributed by atoms with Crippen LogP contribution in [0.25, 0.3) is 0 Å². The molecule has 1 aromatic heterocycles. The Bertz CT molecular complexity index is 725. The van der Waals surface area contributed by atoms with Crippen LogP contribution in [0, 0.1) is 12.8 Å². The molecule has 1 atom stereocenters. The number of amides is 1. The minimum Gasteiger partial charge on any atom is -0.343 e. The van der Waals surface area contributed by atoms with E-state index in [1.54, 1.807) is 0 Å². The van der Waals surface area contributed by atoms with Crippen molar-refractivity contribution in [2.75, 3.05) is 24.5 Å². The van der Waals surface area contributed by atoms with E-state index in [0.717, 1.165) is 37.0 Å². The number of nitrogens with zero attached hydrogens (tertiary/aromatic N) is 4. The van der Waals surface area contributed by atoms with Gasteiger partial charge >= 0.3 is 0 Å². The number of benzene rings is 1. The standard InChI is InChI=1S/C19H26N4OS/c1-13(2)18(24)23-10-9-22(12-15(23)4)19-20-17(21-25-19)11-16-7-5-14(3)6-8-16/h5-8,13,15H,9-12H2,1-4H3. The van der Waals surface area contributed by atoms with Crippen LogP contribution in [0.1, 0.15) is 37.7 Å². The number of hydrogen-bond acceptors (Lipinski definition) is 5. The number of piperazine rings is 1. The number of anilines is 1. The van der Waals surface area contributed by atoms with E-state index in [-0.39, 0.29) is 17.9 Å². The fourth-order valence-corrected chi connectivity index (χ4v) is 3.84. The molecule has 1 unspecified atom stereocenters. The number of rotatable bonds is 4. The Morgan fingerprint density at radius 2 is 2.00 bits per heavy atom. The first-order chi connectivity index (χ1) is 11.9. The number of carbonyl (C=O) groups is 1. The molecule has 1 fully saturated rings. The number of carbonyl (C=O) groups excluding carboxylic acids is 1. The quantitative estimate of drug-likeness (QED) is 0.842. The largest absolute Gasteiger partial charge is 0.343 e. The topological polar surface area (TPSA) is 49.3 Å². The molecule has 1 aliphatic heterocycles. The Balaban J connectivity index is 1.63. The van der Waals surface area contributed by atoms with E-state index in [9.17, 15) is 4.79 Å². The Hall–Kier alpha value is -1.95. The van der Waals surface area contributed by atoms with E-state index in [1.807, 2.05) is 18.7 Å². The zero-order valence-corrected chi connectivity index (χ0v) is 16.2. The van der Waals surface area contributed by atoms with E-state index in [2.05, 4.69) is 47.4 Å². The molecule has 0 bridgehead atoms. The lowest BCUT2D eigenvalue weighted by molar-refractivity contribution is -0.136. The van der Waals surface area contributed by atoms with E-state index >= 15 is 0 Å². The van der Waals surface area contributed by atoms with Crippen molar-refractivity contribution >= 4 is 22.6 Å². The van der Waals surface area contributed by atoms with Crippen LogP contribution >= 0.6 is 11.5 Å². The molecule has 0 aliphatic carbocycles. The molecule has 2 aromatic rings. The third kappa shape index (κ3) is 4.18. The zero-order valence-electron chi connectivity index (χ0n) is 15.4. The first kappa shape index (κ1) is 17.9. The van der Waals surface area contributed by atoms with Crippen LogP contribution in [0.5, 0.6) is 0 Å². The maximum Gasteiger partial charge on any atom is 0.225 e. The summed E-state index contributed by atoms with van der Waals surface area (Å²) in [7, 11) is 0. The van der Waals surface area contributed by atoms with Crippen LogP contribution < -0.4 is 4.90 Å². The smallest absolute Gasteiger partial charge is 0.225 e. The number of aromatic nitrogens is 2. The summed E-state index contributed by atoms with van der Waals surface area (Å²) in [6.07, 6.45) is 0.762. The van der Waals surface area contributed by atoms with Crippen LogP contribution in [0.2, 0.25) is 0 Å². The molecule has 6 heteroatoms. The molecule has 2 heterocycles. The second-order valence-corrected chi connectivity index (χ2v) is 7.87. The van der Waals surface area contributed by atoms with Gasteiger partial charge in [-0.1, -0.05) is 43.7 Å². The van der Waals surface area contributed by atoms with Crippen LogP contribution in [0.15, 0.2) is 24.3 Å². The van der Waals surface area contributed by atoms with Crippen molar-refractivity contribution < 1.29 is 4.79 Å². The summed E-state index contributed by atoms with van der Waals surface area (Å²) >= 11 is 1.46. The molecule has 1 aliphatic rings. The number of aryl methyl sites for hydroxylation is 1. The molecule has 0 spiro atoms. The molecule has 134 valence electrons. The fourth-order valence-electron chi connectivity index (χ4n) is 3.12. The van der Waals surface area contributed by atoms with Gasteiger partial charge in [0.1, 0.15) is 5.82 Å². The second kappa shape index (κ2) is 7.52. The lowest BCUT2D eigenvalue weighted by Gasteiger charge is -2.40. The van der Waals surface area contributed by atoms with Crippen molar-refractivity contribution in [1.82, 2.24) is 14.3 Å². The predicted octanol–water partition coefficient (Wildman–Crippen LogP) is 3.13. The molecule has 3 rings (SSSR count). The average molecular weight is 359 g/mol. The molecule has 0 radical (unpaired) electrons. The minimum absolute atomic E-state index is 0.0524.